The molecule has 0 unspecified atom stereocenters. The Hall–Kier alpha value is -2.58. The van der Waals surface area contributed by atoms with Crippen LogP contribution in [0.5, 0.6) is 0 Å². The van der Waals surface area contributed by atoms with E-state index in [2.05, 4.69) is 0 Å². The lowest BCUT2D eigenvalue weighted by Gasteiger charge is -2.63. The summed E-state index contributed by atoms with van der Waals surface area (Å²) in [6.07, 6.45) is 5.89. The van der Waals surface area contributed by atoms with Gasteiger partial charge in [-0.15, -0.1) is 0 Å². The third-order valence-corrected chi connectivity index (χ3v) is 11.2. The summed E-state index contributed by atoms with van der Waals surface area (Å²) < 4.78 is 5.22. The van der Waals surface area contributed by atoms with Crippen LogP contribution < -0.4 is 0 Å². The van der Waals surface area contributed by atoms with Crippen LogP contribution in [0.1, 0.15) is 81.6 Å². The van der Waals surface area contributed by atoms with Crippen LogP contribution in [0, 0.1) is 39.4 Å². The van der Waals surface area contributed by atoms with Crippen LogP contribution in [-0.4, -0.2) is 55.9 Å². The van der Waals surface area contributed by atoms with E-state index in [1.165, 1.54) is 32.1 Å². The number of ether oxygens (including phenoxy) is 1. The van der Waals surface area contributed by atoms with E-state index < -0.39 is 62.6 Å². The summed E-state index contributed by atoms with van der Waals surface area (Å²) in [5.74, 6) is -3.61. The number of aliphatic hydroxyl groups excluding tert-OH is 2. The van der Waals surface area contributed by atoms with Crippen LogP contribution in [-0.2, 0) is 23.9 Å². The lowest BCUT2D eigenvalue weighted by Crippen LogP contribution is -2.64. The molecular weight excluding hydrogens is 512 g/mol. The predicted octanol–water partition coefficient (Wildman–Crippen LogP) is 4.19. The Morgan fingerprint density at radius 1 is 1.07 bits per heavy atom. The van der Waals surface area contributed by atoms with Crippen molar-refractivity contribution >= 4 is 23.3 Å². The summed E-state index contributed by atoms with van der Waals surface area (Å²) in [6, 6.07) is 0. The summed E-state index contributed by atoms with van der Waals surface area (Å²) in [7, 11) is 0. The second-order valence-electron chi connectivity index (χ2n) is 14.4. The van der Waals surface area contributed by atoms with Gasteiger partial charge in [0.25, 0.3) is 0 Å². The number of allylic oxidation sites excluding steroid dienone is 4. The van der Waals surface area contributed by atoms with E-state index in [1.807, 2.05) is 26.8 Å². The molecule has 0 aliphatic heterocycles. The van der Waals surface area contributed by atoms with Crippen molar-refractivity contribution in [3.8, 4) is 0 Å². The number of aliphatic hydroxyl groups is 3. The Labute approximate surface area is 236 Å². The first-order chi connectivity index (χ1) is 18.1. The van der Waals surface area contributed by atoms with Crippen molar-refractivity contribution in [1.82, 2.24) is 0 Å². The van der Waals surface area contributed by atoms with Crippen LogP contribution in [0.2, 0.25) is 0 Å². The Kier molecular flexibility index (Phi) is 6.80. The molecule has 0 bridgehead atoms. The molecule has 2 saturated carbocycles. The van der Waals surface area contributed by atoms with Crippen molar-refractivity contribution in [2.45, 2.75) is 98.9 Å². The molecule has 220 valence electrons. The second kappa shape index (κ2) is 8.96. The van der Waals surface area contributed by atoms with Gasteiger partial charge in [-0.2, -0.15) is 0 Å². The maximum atomic E-state index is 14.3. The van der Waals surface area contributed by atoms with E-state index in [1.54, 1.807) is 27.7 Å². The first-order valence-corrected chi connectivity index (χ1v) is 14.1. The van der Waals surface area contributed by atoms with Crippen molar-refractivity contribution in [2.24, 2.45) is 39.4 Å². The first kappa shape index (κ1) is 30.4. The van der Waals surface area contributed by atoms with Crippen molar-refractivity contribution in [2.75, 3.05) is 0 Å². The van der Waals surface area contributed by atoms with Gasteiger partial charge in [0.05, 0.1) is 11.5 Å². The second-order valence-corrected chi connectivity index (χ2v) is 14.4. The van der Waals surface area contributed by atoms with Crippen LogP contribution in [0.15, 0.2) is 35.6 Å². The number of hydrogen-bond donors (Lipinski definition) is 3. The summed E-state index contributed by atoms with van der Waals surface area (Å²) in [5.41, 5.74) is -5.72. The molecule has 0 amide bonds. The van der Waals surface area contributed by atoms with Gasteiger partial charge in [-0.1, -0.05) is 32.4 Å². The molecule has 2 fully saturated rings. The van der Waals surface area contributed by atoms with Crippen LogP contribution in [0.3, 0.4) is 0 Å². The topological polar surface area (TPSA) is 138 Å². The van der Waals surface area contributed by atoms with E-state index in [-0.39, 0.29) is 36.1 Å². The number of hydrogen-bond acceptors (Lipinski definition) is 8. The van der Waals surface area contributed by atoms with E-state index in [0.29, 0.717) is 6.42 Å². The van der Waals surface area contributed by atoms with Crippen molar-refractivity contribution in [1.29, 1.82) is 0 Å². The number of carbonyl (C=O) groups is 4. The minimum absolute atomic E-state index is 0.0249. The molecule has 4 aliphatic rings. The van der Waals surface area contributed by atoms with Crippen molar-refractivity contribution in [3.05, 3.63) is 35.6 Å². The fourth-order valence-electron chi connectivity index (χ4n) is 8.98. The zero-order chi connectivity index (χ0) is 30.4. The molecule has 3 N–H and O–H groups in total. The molecule has 0 aromatic heterocycles. The highest BCUT2D eigenvalue weighted by Gasteiger charge is 2.74. The SMILES string of the molecule is CC(=O)OC(C)(C)/C=C/C(=O)[C@@](C)(O)[C@H]1[C@@H](O)C[C@@]2(C)[C@@H]3CC=C4[C@@H](C=C(O)C(=O)C4(C)C)[C@]3(C)C(=O)C[C@]12C. The average Bonchev–Trinajstić information content (AvgIpc) is 3.01. The Morgan fingerprint density at radius 3 is 2.25 bits per heavy atom. The van der Waals surface area contributed by atoms with Gasteiger partial charge in [-0.05, 0) is 82.4 Å². The van der Waals surface area contributed by atoms with Gasteiger partial charge in [-0.3, -0.25) is 19.2 Å². The summed E-state index contributed by atoms with van der Waals surface area (Å²) in [6.45, 7) is 15.3. The maximum absolute atomic E-state index is 14.3. The quantitative estimate of drug-likeness (QED) is 0.260. The Morgan fingerprint density at radius 2 is 1.68 bits per heavy atom. The molecular formula is C32H44O8. The van der Waals surface area contributed by atoms with Gasteiger partial charge in [0.2, 0.25) is 5.78 Å². The maximum Gasteiger partial charge on any atom is 0.303 e. The highest BCUT2D eigenvalue weighted by atomic mass is 16.6. The molecule has 4 aliphatic carbocycles. The van der Waals surface area contributed by atoms with Gasteiger partial charge >= 0.3 is 5.97 Å². The summed E-state index contributed by atoms with van der Waals surface area (Å²) in [5, 5.41) is 33.8. The van der Waals surface area contributed by atoms with Gasteiger partial charge in [0.15, 0.2) is 11.5 Å². The van der Waals surface area contributed by atoms with E-state index in [0.717, 1.165) is 5.57 Å². The standard InChI is InChI=1S/C32H44O8/c1-17(33)40-27(2,3)13-12-23(36)32(9,39)25-21(35)15-29(6)22-11-10-18-19(14-20(34)26(38)28(18,4)5)31(22,8)24(37)16-30(25,29)7/h10,12-14,19,21-22,25,34-35,39H,11,15-16H2,1-9H3/b13-12+/t19-,21+,22+,25+,29+,30-,31+,32-/m1/s1. The largest absolute Gasteiger partial charge is 0.505 e. The molecule has 8 nitrogen and oxygen atoms in total. The number of fused-ring (bicyclic) bond motifs is 5. The molecule has 8 atom stereocenters. The third kappa shape index (κ3) is 4.00. The predicted molar refractivity (Wildman–Crippen MR) is 148 cm³/mol. The molecule has 0 aromatic carbocycles. The van der Waals surface area contributed by atoms with Gasteiger partial charge in [-0.25, -0.2) is 0 Å². The van der Waals surface area contributed by atoms with Crippen LogP contribution >= 0.6 is 0 Å². The van der Waals surface area contributed by atoms with Gasteiger partial charge in [0, 0.05) is 30.6 Å². The summed E-state index contributed by atoms with van der Waals surface area (Å²) in [4.78, 5) is 52.0. The number of rotatable bonds is 5. The Balaban J connectivity index is 1.76. The highest BCUT2D eigenvalue weighted by molar-refractivity contribution is 6.02. The van der Waals surface area contributed by atoms with Crippen LogP contribution in [0.25, 0.3) is 0 Å². The third-order valence-electron chi connectivity index (χ3n) is 11.2. The minimum atomic E-state index is -2.00. The molecule has 0 heterocycles. The molecule has 4 rings (SSSR count). The number of esters is 1. The lowest BCUT2D eigenvalue weighted by molar-refractivity contribution is -0.179. The molecule has 0 radical (unpaired) electrons. The highest BCUT2D eigenvalue weighted by Crippen LogP contribution is 2.73. The lowest BCUT2D eigenvalue weighted by atomic mass is 9.39. The number of ketones is 3. The normalized spacial score (nSPS) is 40.4. The number of carbonyl (C=O) groups excluding carboxylic acids is 4. The van der Waals surface area contributed by atoms with Crippen molar-refractivity contribution < 1.29 is 39.2 Å². The number of Topliss-reactive ketones (excluding diaryl/α,β-unsaturated/α-hetero) is 2. The smallest absolute Gasteiger partial charge is 0.303 e. The average molecular weight is 557 g/mol. The molecule has 8 heteroatoms. The summed E-state index contributed by atoms with van der Waals surface area (Å²) >= 11 is 0. The molecule has 0 saturated heterocycles. The minimum Gasteiger partial charge on any atom is -0.505 e. The monoisotopic (exact) mass is 556 g/mol. The fourth-order valence-corrected chi connectivity index (χ4v) is 8.98. The van der Waals surface area contributed by atoms with Crippen LogP contribution in [0.4, 0.5) is 0 Å². The zero-order valence-corrected chi connectivity index (χ0v) is 25.1. The van der Waals surface area contributed by atoms with E-state index in [4.69, 9.17) is 4.74 Å². The fraction of sp³-hybridized carbons (Fsp3) is 0.688. The zero-order valence-electron chi connectivity index (χ0n) is 25.1. The van der Waals surface area contributed by atoms with Gasteiger partial charge < -0.3 is 20.1 Å². The molecule has 0 spiro atoms. The molecule has 0 aromatic rings. The van der Waals surface area contributed by atoms with E-state index in [9.17, 15) is 34.5 Å². The Bertz CT molecular complexity index is 1270. The first-order valence-electron chi connectivity index (χ1n) is 14.1. The van der Waals surface area contributed by atoms with Crippen molar-refractivity contribution in [3.63, 3.8) is 0 Å². The molecule has 40 heavy (non-hydrogen) atoms. The van der Waals surface area contributed by atoms with E-state index >= 15 is 0 Å². The van der Waals surface area contributed by atoms with Gasteiger partial charge in [0.1, 0.15) is 17.0 Å².